The van der Waals surface area contributed by atoms with Gasteiger partial charge < -0.3 is 9.84 Å². The first-order valence-corrected chi connectivity index (χ1v) is 7.39. The third kappa shape index (κ3) is 3.55. The van der Waals surface area contributed by atoms with Gasteiger partial charge in [-0.15, -0.1) is 11.3 Å². The van der Waals surface area contributed by atoms with E-state index in [1.165, 1.54) is 4.88 Å². The molecule has 0 bridgehead atoms. The van der Waals surface area contributed by atoms with E-state index in [0.717, 1.165) is 23.4 Å². The van der Waals surface area contributed by atoms with E-state index in [1.54, 1.807) is 11.3 Å². The first-order valence-electron chi connectivity index (χ1n) is 6.51. The van der Waals surface area contributed by atoms with Crippen molar-refractivity contribution < 1.29 is 9.84 Å². The second kappa shape index (κ2) is 6.68. The highest BCUT2D eigenvalue weighted by molar-refractivity contribution is 7.09. The number of ether oxygens (including phenoxy) is 1. The molecule has 1 heterocycles. The maximum atomic E-state index is 9.95. The number of aliphatic hydroxyl groups excluding tert-OH is 1. The summed E-state index contributed by atoms with van der Waals surface area (Å²) in [4.78, 5) is 5.48. The van der Waals surface area contributed by atoms with Gasteiger partial charge in [-0.2, -0.15) is 0 Å². The fourth-order valence-electron chi connectivity index (χ4n) is 1.93. The van der Waals surface area contributed by atoms with E-state index in [0.29, 0.717) is 13.0 Å². The Hall–Kier alpha value is -1.39. The molecule has 1 N–H and O–H groups in total. The average molecular weight is 277 g/mol. The first-order chi connectivity index (χ1) is 9.22. The Morgan fingerprint density at radius 3 is 2.84 bits per heavy atom. The number of para-hydroxylation sites is 1. The molecule has 0 spiro atoms. The lowest BCUT2D eigenvalue weighted by atomic mass is 10.1. The molecule has 0 fully saturated rings. The molecule has 19 heavy (non-hydrogen) atoms. The Kier molecular flexibility index (Phi) is 4.93. The third-order valence-electron chi connectivity index (χ3n) is 3.10. The summed E-state index contributed by atoms with van der Waals surface area (Å²) in [6.07, 6.45) is 1.09. The van der Waals surface area contributed by atoms with Gasteiger partial charge in [0.25, 0.3) is 0 Å². The number of aryl methyl sites for hydroxylation is 1. The Balaban J connectivity index is 1.98. The maximum Gasteiger partial charge on any atom is 0.125 e. The fourth-order valence-corrected chi connectivity index (χ4v) is 2.69. The monoisotopic (exact) mass is 277 g/mol. The van der Waals surface area contributed by atoms with Gasteiger partial charge in [-0.3, -0.25) is 0 Å². The number of hydrogen-bond acceptors (Lipinski definition) is 4. The number of aliphatic hydroxyl groups is 1. The van der Waals surface area contributed by atoms with Crippen molar-refractivity contribution in [3.05, 3.63) is 45.9 Å². The molecular weight excluding hydrogens is 258 g/mol. The first kappa shape index (κ1) is 14.0. The molecule has 2 aromatic rings. The van der Waals surface area contributed by atoms with Crippen molar-refractivity contribution in [2.45, 2.75) is 32.8 Å². The average Bonchev–Trinajstić information content (AvgIpc) is 2.84. The van der Waals surface area contributed by atoms with Gasteiger partial charge in [0.15, 0.2) is 0 Å². The van der Waals surface area contributed by atoms with Gasteiger partial charge in [-0.25, -0.2) is 4.98 Å². The summed E-state index contributed by atoms with van der Waals surface area (Å²) in [7, 11) is 0. The van der Waals surface area contributed by atoms with Crippen LogP contribution in [0.25, 0.3) is 0 Å². The minimum absolute atomic E-state index is 0.457. The fraction of sp³-hybridized carbons (Fsp3) is 0.400. The van der Waals surface area contributed by atoms with E-state index >= 15 is 0 Å². The molecule has 0 unspecified atom stereocenters. The van der Waals surface area contributed by atoms with Gasteiger partial charge in [0, 0.05) is 16.9 Å². The predicted octanol–water partition coefficient (Wildman–Crippen LogP) is 3.52. The highest BCUT2D eigenvalue weighted by Crippen LogP contribution is 2.27. The molecule has 0 saturated heterocycles. The number of nitrogens with zero attached hydrogens (tertiary/aromatic N) is 1. The van der Waals surface area contributed by atoms with Gasteiger partial charge in [-0.05, 0) is 19.4 Å². The highest BCUT2D eigenvalue weighted by Gasteiger charge is 2.11. The van der Waals surface area contributed by atoms with Crippen LogP contribution in [0.1, 0.15) is 35.6 Å². The van der Waals surface area contributed by atoms with Crippen molar-refractivity contribution in [2.24, 2.45) is 0 Å². The minimum Gasteiger partial charge on any atom is -0.493 e. The van der Waals surface area contributed by atoms with Gasteiger partial charge in [0.1, 0.15) is 5.75 Å². The lowest BCUT2D eigenvalue weighted by Gasteiger charge is -2.14. The second-order valence-corrected chi connectivity index (χ2v) is 5.36. The molecule has 1 aromatic heterocycles. The van der Waals surface area contributed by atoms with Crippen LogP contribution in [-0.2, 0) is 6.42 Å². The molecule has 0 aliphatic carbocycles. The normalized spacial score (nSPS) is 12.4. The molecule has 0 saturated carbocycles. The van der Waals surface area contributed by atoms with Crippen LogP contribution in [-0.4, -0.2) is 16.7 Å². The summed E-state index contributed by atoms with van der Waals surface area (Å²) in [6.45, 7) is 4.58. The molecule has 0 radical (unpaired) electrons. The Morgan fingerprint density at radius 2 is 2.16 bits per heavy atom. The number of aromatic nitrogens is 1. The zero-order valence-corrected chi connectivity index (χ0v) is 12.1. The summed E-state index contributed by atoms with van der Waals surface area (Å²) in [5, 5.41) is 9.95. The summed E-state index contributed by atoms with van der Waals surface area (Å²) < 4.78 is 5.81. The quantitative estimate of drug-likeness (QED) is 0.878. The van der Waals surface area contributed by atoms with E-state index in [9.17, 15) is 5.11 Å². The number of thiazole rings is 1. The molecule has 0 aliphatic rings. The SMILES string of the molecule is CC[C@H](O)c1ccccc1OCCc1scnc1C. The van der Waals surface area contributed by atoms with Crippen LogP contribution < -0.4 is 4.74 Å². The van der Waals surface area contributed by atoms with E-state index in [2.05, 4.69) is 4.98 Å². The maximum absolute atomic E-state index is 9.95. The van der Waals surface area contributed by atoms with Crippen molar-refractivity contribution in [3.8, 4) is 5.75 Å². The molecule has 2 rings (SSSR count). The standard InChI is InChI=1S/C15H19NO2S/c1-3-13(17)12-6-4-5-7-14(12)18-9-8-15-11(2)16-10-19-15/h4-7,10,13,17H,3,8-9H2,1-2H3/t13-/m0/s1. The number of hydrogen-bond donors (Lipinski definition) is 1. The molecule has 4 heteroatoms. The smallest absolute Gasteiger partial charge is 0.125 e. The largest absolute Gasteiger partial charge is 0.493 e. The van der Waals surface area contributed by atoms with Crippen molar-refractivity contribution in [2.75, 3.05) is 6.61 Å². The molecule has 102 valence electrons. The Labute approximate surface area is 117 Å². The van der Waals surface area contributed by atoms with Crippen LogP contribution in [0.2, 0.25) is 0 Å². The summed E-state index contributed by atoms with van der Waals surface area (Å²) >= 11 is 1.66. The Bertz CT molecular complexity index is 524. The van der Waals surface area contributed by atoms with Crippen LogP contribution in [0.4, 0.5) is 0 Å². The van der Waals surface area contributed by atoms with Crippen LogP contribution in [0.3, 0.4) is 0 Å². The second-order valence-electron chi connectivity index (χ2n) is 4.42. The number of benzene rings is 1. The highest BCUT2D eigenvalue weighted by atomic mass is 32.1. The minimum atomic E-state index is -0.457. The van der Waals surface area contributed by atoms with Gasteiger partial charge in [0.05, 0.1) is 23.9 Å². The van der Waals surface area contributed by atoms with Gasteiger partial charge in [0.2, 0.25) is 0 Å². The zero-order valence-electron chi connectivity index (χ0n) is 11.3. The van der Waals surface area contributed by atoms with Crippen molar-refractivity contribution in [3.63, 3.8) is 0 Å². The molecule has 1 aromatic carbocycles. The number of rotatable bonds is 6. The van der Waals surface area contributed by atoms with Crippen LogP contribution in [0.15, 0.2) is 29.8 Å². The molecule has 0 aliphatic heterocycles. The van der Waals surface area contributed by atoms with Crippen molar-refractivity contribution in [1.29, 1.82) is 0 Å². The van der Waals surface area contributed by atoms with E-state index in [4.69, 9.17) is 4.74 Å². The van der Waals surface area contributed by atoms with Gasteiger partial charge in [-0.1, -0.05) is 25.1 Å². The molecule has 3 nitrogen and oxygen atoms in total. The summed E-state index contributed by atoms with van der Waals surface area (Å²) in [6, 6.07) is 7.68. The van der Waals surface area contributed by atoms with Crippen LogP contribution >= 0.6 is 11.3 Å². The third-order valence-corrected chi connectivity index (χ3v) is 4.09. The lowest BCUT2D eigenvalue weighted by Crippen LogP contribution is -2.05. The lowest BCUT2D eigenvalue weighted by molar-refractivity contribution is 0.167. The molecule has 0 amide bonds. The zero-order chi connectivity index (χ0) is 13.7. The van der Waals surface area contributed by atoms with Crippen LogP contribution in [0.5, 0.6) is 5.75 Å². The van der Waals surface area contributed by atoms with Crippen LogP contribution in [0, 0.1) is 6.92 Å². The predicted molar refractivity (Wildman–Crippen MR) is 77.7 cm³/mol. The van der Waals surface area contributed by atoms with Crippen molar-refractivity contribution >= 4 is 11.3 Å². The summed E-state index contributed by atoms with van der Waals surface area (Å²) in [5.41, 5.74) is 3.81. The molecule has 1 atom stereocenters. The van der Waals surface area contributed by atoms with Gasteiger partial charge >= 0.3 is 0 Å². The van der Waals surface area contributed by atoms with E-state index in [1.807, 2.05) is 43.6 Å². The Morgan fingerprint density at radius 1 is 1.37 bits per heavy atom. The van der Waals surface area contributed by atoms with Crippen molar-refractivity contribution in [1.82, 2.24) is 4.98 Å². The van der Waals surface area contributed by atoms with E-state index < -0.39 is 6.10 Å². The summed E-state index contributed by atoms with van der Waals surface area (Å²) in [5.74, 6) is 0.777. The molecular formula is C15H19NO2S. The topological polar surface area (TPSA) is 42.4 Å². The van der Waals surface area contributed by atoms with E-state index in [-0.39, 0.29) is 0 Å².